The van der Waals surface area contributed by atoms with Crippen molar-refractivity contribution < 1.29 is 27.6 Å². The molecule has 10 heteroatoms. The number of aromatic nitrogens is 2. The second kappa shape index (κ2) is 9.57. The molecule has 190 valence electrons. The molecule has 1 aliphatic carbocycles. The molecular weight excluding hydrogens is 473 g/mol. The minimum absolute atomic E-state index is 0.0915. The van der Waals surface area contributed by atoms with Crippen LogP contribution in [0.2, 0.25) is 0 Å². The highest BCUT2D eigenvalue weighted by Crippen LogP contribution is 2.37. The van der Waals surface area contributed by atoms with Gasteiger partial charge < -0.3 is 5.73 Å². The van der Waals surface area contributed by atoms with Gasteiger partial charge >= 0.3 is 0 Å². The largest absolute Gasteiger partial charge is 0.366 e. The van der Waals surface area contributed by atoms with Crippen LogP contribution in [0, 0.1) is 36.2 Å². The Kier molecular flexibility index (Phi) is 6.46. The number of halogens is 3. The Labute approximate surface area is 205 Å². The Morgan fingerprint density at radius 3 is 2.39 bits per heavy atom. The van der Waals surface area contributed by atoms with Gasteiger partial charge in [-0.1, -0.05) is 0 Å². The lowest BCUT2D eigenvalue weighted by Crippen LogP contribution is -2.37. The van der Waals surface area contributed by atoms with Crippen LogP contribution in [0.3, 0.4) is 0 Å². The van der Waals surface area contributed by atoms with Gasteiger partial charge in [-0.25, -0.2) is 18.2 Å². The van der Waals surface area contributed by atoms with Crippen molar-refractivity contribution in [1.29, 1.82) is 0 Å². The lowest BCUT2D eigenvalue weighted by molar-refractivity contribution is -0.183. The second-order valence-electron chi connectivity index (χ2n) is 9.71. The molecule has 0 bridgehead atoms. The van der Waals surface area contributed by atoms with Crippen molar-refractivity contribution in [3.63, 3.8) is 0 Å². The van der Waals surface area contributed by atoms with Gasteiger partial charge in [-0.05, 0) is 68.4 Å². The number of amides is 2. The van der Waals surface area contributed by atoms with E-state index in [0.717, 1.165) is 25.0 Å². The molecular formula is C26H27F3N4O3. The summed E-state index contributed by atoms with van der Waals surface area (Å²) in [5.41, 5.74) is 6.89. The maximum Gasteiger partial charge on any atom is 0.249 e. The summed E-state index contributed by atoms with van der Waals surface area (Å²) >= 11 is 0. The van der Waals surface area contributed by atoms with E-state index in [1.807, 2.05) is 0 Å². The van der Waals surface area contributed by atoms with E-state index in [1.165, 1.54) is 17.2 Å². The highest BCUT2D eigenvalue weighted by molar-refractivity contribution is 5.97. The lowest BCUT2D eigenvalue weighted by Gasteiger charge is -2.32. The van der Waals surface area contributed by atoms with Crippen molar-refractivity contribution >= 4 is 22.7 Å². The number of rotatable bonds is 5. The summed E-state index contributed by atoms with van der Waals surface area (Å²) in [5.74, 6) is -2.82. The Balaban J connectivity index is 1.26. The number of hydrogen-bond donors (Lipinski definition) is 1. The number of aryl methyl sites for hydroxylation is 1. The quantitative estimate of drug-likeness (QED) is 0.556. The predicted octanol–water partition coefficient (Wildman–Crippen LogP) is 4.57. The Hall–Kier alpha value is -3.40. The Morgan fingerprint density at radius 1 is 1.03 bits per heavy atom. The topological polar surface area (TPSA) is 90.4 Å². The fraction of sp³-hybridized carbons (Fsp3) is 0.423. The summed E-state index contributed by atoms with van der Waals surface area (Å²) in [7, 11) is 0. The molecule has 2 aromatic carbocycles. The van der Waals surface area contributed by atoms with Crippen molar-refractivity contribution in [3.05, 3.63) is 64.6 Å². The summed E-state index contributed by atoms with van der Waals surface area (Å²) in [6.07, 6.45) is 3.24. The van der Waals surface area contributed by atoms with Gasteiger partial charge in [0.25, 0.3) is 0 Å². The summed E-state index contributed by atoms with van der Waals surface area (Å²) in [4.78, 5) is 30.4. The monoisotopic (exact) mass is 500 g/mol. The van der Waals surface area contributed by atoms with E-state index in [9.17, 15) is 22.8 Å². The van der Waals surface area contributed by atoms with Gasteiger partial charge in [0.1, 0.15) is 17.5 Å². The first-order valence-electron chi connectivity index (χ1n) is 12.1. The van der Waals surface area contributed by atoms with Gasteiger partial charge in [0.05, 0.1) is 29.2 Å². The Bertz CT molecular complexity index is 1310. The van der Waals surface area contributed by atoms with Crippen LogP contribution in [0.15, 0.2) is 30.3 Å². The van der Waals surface area contributed by atoms with Crippen molar-refractivity contribution in [1.82, 2.24) is 14.8 Å². The maximum absolute atomic E-state index is 14.6. The smallest absolute Gasteiger partial charge is 0.249 e. The van der Waals surface area contributed by atoms with E-state index in [-0.39, 0.29) is 23.3 Å². The van der Waals surface area contributed by atoms with Crippen LogP contribution in [0.25, 0.3) is 10.9 Å². The van der Waals surface area contributed by atoms with Crippen molar-refractivity contribution in [3.8, 4) is 0 Å². The zero-order valence-corrected chi connectivity index (χ0v) is 19.8. The molecule has 1 saturated carbocycles. The van der Waals surface area contributed by atoms with Crippen LogP contribution in [0.1, 0.15) is 59.8 Å². The third-order valence-corrected chi connectivity index (χ3v) is 7.28. The molecule has 2 amide bonds. The minimum Gasteiger partial charge on any atom is -0.366 e. The molecule has 1 atom stereocenters. The van der Waals surface area contributed by atoms with Crippen LogP contribution >= 0.6 is 0 Å². The van der Waals surface area contributed by atoms with Gasteiger partial charge in [0.15, 0.2) is 0 Å². The molecule has 1 aliphatic heterocycles. The summed E-state index contributed by atoms with van der Waals surface area (Å²) < 4.78 is 43.8. The number of hydroxylamine groups is 2. The molecule has 2 fully saturated rings. The maximum atomic E-state index is 14.6. The number of fused-ring (bicyclic) bond motifs is 1. The second-order valence-corrected chi connectivity index (χ2v) is 9.71. The number of hydrogen-bond acceptors (Lipinski definition) is 4. The normalized spacial score (nSPS) is 22.3. The van der Waals surface area contributed by atoms with Gasteiger partial charge in [0, 0.05) is 30.5 Å². The number of carbonyl (C=O) groups excluding carboxylic acids is 2. The third kappa shape index (κ3) is 4.57. The minimum atomic E-state index is -0.705. The first-order valence-corrected chi connectivity index (χ1v) is 12.1. The van der Waals surface area contributed by atoms with E-state index >= 15 is 0 Å². The number of nitrogens with two attached hydrogens (primary N) is 1. The van der Waals surface area contributed by atoms with Gasteiger partial charge in [-0.3, -0.25) is 19.1 Å². The summed E-state index contributed by atoms with van der Waals surface area (Å²) in [6, 6.07) is 5.46. The van der Waals surface area contributed by atoms with Crippen LogP contribution in [-0.4, -0.2) is 33.3 Å². The lowest BCUT2D eigenvalue weighted by atomic mass is 9.81. The molecule has 0 unspecified atom stereocenters. The number of benzene rings is 2. The highest BCUT2D eigenvalue weighted by atomic mass is 19.1. The van der Waals surface area contributed by atoms with E-state index in [2.05, 4.69) is 5.10 Å². The van der Waals surface area contributed by atoms with Crippen molar-refractivity contribution in [2.24, 2.45) is 17.6 Å². The van der Waals surface area contributed by atoms with E-state index < -0.39 is 29.4 Å². The number of carbonyl (C=O) groups is 2. The van der Waals surface area contributed by atoms with Crippen LogP contribution in [0.5, 0.6) is 0 Å². The molecule has 0 radical (unpaired) electrons. The van der Waals surface area contributed by atoms with Gasteiger partial charge in [-0.15, -0.1) is 0 Å². The molecule has 36 heavy (non-hydrogen) atoms. The molecule has 2 N–H and O–H groups in total. The molecule has 3 aromatic rings. The molecule has 1 saturated heterocycles. The summed E-state index contributed by atoms with van der Waals surface area (Å²) in [5, 5.41) is 6.15. The average molecular weight is 501 g/mol. The van der Waals surface area contributed by atoms with Gasteiger partial charge in [0.2, 0.25) is 11.8 Å². The first-order chi connectivity index (χ1) is 17.2. The SMILES string of the molecule is Cc1nn(CC2CCC(C(=O)N3OCC[C@H]3c3cc(F)cc(F)c3)CC2)c2cc(C(N)=O)cc(F)c12. The van der Waals surface area contributed by atoms with E-state index in [4.69, 9.17) is 10.6 Å². The molecule has 2 heterocycles. The molecule has 2 aliphatic rings. The first kappa shape index (κ1) is 24.3. The summed E-state index contributed by atoms with van der Waals surface area (Å²) in [6.45, 7) is 2.55. The fourth-order valence-corrected chi connectivity index (χ4v) is 5.49. The fourth-order valence-electron chi connectivity index (χ4n) is 5.49. The number of primary amides is 1. The zero-order chi connectivity index (χ0) is 25.6. The zero-order valence-electron chi connectivity index (χ0n) is 19.8. The Morgan fingerprint density at radius 2 is 1.72 bits per heavy atom. The van der Waals surface area contributed by atoms with Crippen molar-refractivity contribution in [2.45, 2.75) is 51.6 Å². The van der Waals surface area contributed by atoms with Crippen molar-refractivity contribution in [2.75, 3.05) is 6.61 Å². The van der Waals surface area contributed by atoms with E-state index in [0.29, 0.717) is 54.6 Å². The van der Waals surface area contributed by atoms with Gasteiger partial charge in [-0.2, -0.15) is 5.10 Å². The third-order valence-electron chi connectivity index (χ3n) is 7.28. The van der Waals surface area contributed by atoms with Crippen LogP contribution in [-0.2, 0) is 16.2 Å². The molecule has 7 nitrogen and oxygen atoms in total. The molecule has 0 spiro atoms. The standard InChI is InChI=1S/C26H27F3N4O3/c1-14-24-21(29)10-18(25(30)34)11-23(24)32(31-14)13-15-2-4-16(5-3-15)26(35)33-22(6-7-36-33)17-8-19(27)12-20(28)9-17/h8-12,15-16,22H,2-7,13H2,1H3,(H2,30,34)/t15?,16?,22-/m0/s1. The van der Waals surface area contributed by atoms with E-state index in [1.54, 1.807) is 17.7 Å². The number of nitrogens with zero attached hydrogens (tertiary/aromatic N) is 3. The van der Waals surface area contributed by atoms with Crippen LogP contribution in [0.4, 0.5) is 13.2 Å². The molecule has 5 rings (SSSR count). The molecule has 1 aromatic heterocycles. The van der Waals surface area contributed by atoms with Crippen LogP contribution < -0.4 is 5.73 Å². The average Bonchev–Trinajstić information content (AvgIpc) is 3.44. The predicted molar refractivity (Wildman–Crippen MR) is 125 cm³/mol. The highest BCUT2D eigenvalue weighted by Gasteiger charge is 2.37.